The molecule has 3 heteroatoms. The molecule has 2 atom stereocenters. The maximum Gasteiger partial charge on any atom is 0.119 e. The maximum atomic E-state index is 6.00. The summed E-state index contributed by atoms with van der Waals surface area (Å²) >= 11 is 0. The number of hydrogen-bond acceptors (Lipinski definition) is 3. The van der Waals surface area contributed by atoms with E-state index < -0.39 is 0 Å². The maximum absolute atomic E-state index is 6.00. The fourth-order valence-electron chi connectivity index (χ4n) is 2.46. The van der Waals surface area contributed by atoms with E-state index in [-0.39, 0.29) is 0 Å². The van der Waals surface area contributed by atoms with Crippen molar-refractivity contribution in [2.75, 3.05) is 20.8 Å². The van der Waals surface area contributed by atoms with E-state index in [4.69, 9.17) is 9.47 Å². The molecule has 0 aromatic heterocycles. The van der Waals surface area contributed by atoms with Gasteiger partial charge in [-0.2, -0.15) is 0 Å². The van der Waals surface area contributed by atoms with Crippen LogP contribution in [0.15, 0.2) is 24.3 Å². The van der Waals surface area contributed by atoms with Crippen LogP contribution in [-0.2, 0) is 11.2 Å². The van der Waals surface area contributed by atoms with E-state index in [1.165, 1.54) is 12.0 Å². The average Bonchev–Trinajstić information content (AvgIpc) is 2.86. The first-order chi connectivity index (χ1) is 8.81. The number of benzene rings is 1. The van der Waals surface area contributed by atoms with Crippen molar-refractivity contribution < 1.29 is 9.47 Å². The van der Waals surface area contributed by atoms with Gasteiger partial charge in [0.1, 0.15) is 11.9 Å². The summed E-state index contributed by atoms with van der Waals surface area (Å²) in [6.07, 6.45) is 4.81. The molecule has 2 unspecified atom stereocenters. The molecule has 1 aliphatic rings. The molecule has 2 rings (SSSR count). The van der Waals surface area contributed by atoms with Crippen LogP contribution in [-0.4, -0.2) is 32.9 Å². The highest BCUT2D eigenvalue weighted by Crippen LogP contribution is 2.24. The number of methoxy groups -OCH3 is 1. The first-order valence-corrected chi connectivity index (χ1v) is 6.73. The molecule has 0 aliphatic heterocycles. The summed E-state index contributed by atoms with van der Waals surface area (Å²) in [6, 6.07) is 9.00. The zero-order valence-electron chi connectivity index (χ0n) is 11.3. The fraction of sp³-hybridized carbons (Fsp3) is 0.600. The quantitative estimate of drug-likeness (QED) is 0.839. The van der Waals surface area contributed by atoms with Gasteiger partial charge in [-0.05, 0) is 50.4 Å². The predicted molar refractivity (Wildman–Crippen MR) is 73.1 cm³/mol. The van der Waals surface area contributed by atoms with Crippen LogP contribution in [0.4, 0.5) is 0 Å². The van der Waals surface area contributed by atoms with E-state index in [2.05, 4.69) is 29.6 Å². The topological polar surface area (TPSA) is 30.5 Å². The van der Waals surface area contributed by atoms with E-state index >= 15 is 0 Å². The number of hydrogen-bond donors (Lipinski definition) is 1. The van der Waals surface area contributed by atoms with Crippen LogP contribution in [0.5, 0.6) is 5.75 Å². The van der Waals surface area contributed by atoms with Crippen molar-refractivity contribution in [2.24, 2.45) is 0 Å². The van der Waals surface area contributed by atoms with Crippen LogP contribution >= 0.6 is 0 Å². The van der Waals surface area contributed by atoms with Crippen molar-refractivity contribution in [3.8, 4) is 5.75 Å². The van der Waals surface area contributed by atoms with Gasteiger partial charge in [-0.15, -0.1) is 0 Å². The first-order valence-electron chi connectivity index (χ1n) is 6.73. The highest BCUT2D eigenvalue weighted by Gasteiger charge is 2.24. The number of rotatable bonds is 6. The molecule has 3 nitrogen and oxygen atoms in total. The molecule has 1 saturated carbocycles. The zero-order chi connectivity index (χ0) is 12.8. The molecule has 0 spiro atoms. The lowest BCUT2D eigenvalue weighted by atomic mass is 10.1. The van der Waals surface area contributed by atoms with Gasteiger partial charge in [0.05, 0.1) is 6.61 Å². The molecule has 18 heavy (non-hydrogen) atoms. The summed E-state index contributed by atoms with van der Waals surface area (Å²) in [4.78, 5) is 0. The van der Waals surface area contributed by atoms with E-state index in [1.807, 2.05) is 7.05 Å². The van der Waals surface area contributed by atoms with Gasteiger partial charge in [0.25, 0.3) is 0 Å². The lowest BCUT2D eigenvalue weighted by Crippen LogP contribution is -2.23. The highest BCUT2D eigenvalue weighted by molar-refractivity contribution is 5.27. The third-order valence-electron chi connectivity index (χ3n) is 3.61. The van der Waals surface area contributed by atoms with Crippen molar-refractivity contribution in [3.05, 3.63) is 29.8 Å². The van der Waals surface area contributed by atoms with Crippen LogP contribution in [0.25, 0.3) is 0 Å². The first kappa shape index (κ1) is 13.4. The Morgan fingerprint density at radius 1 is 1.22 bits per heavy atom. The van der Waals surface area contributed by atoms with Gasteiger partial charge in [-0.25, -0.2) is 0 Å². The Morgan fingerprint density at radius 2 is 2.00 bits per heavy atom. The third-order valence-corrected chi connectivity index (χ3v) is 3.61. The predicted octanol–water partition coefficient (Wildman–Crippen LogP) is 2.39. The fourth-order valence-corrected chi connectivity index (χ4v) is 2.46. The van der Waals surface area contributed by atoms with Crippen molar-refractivity contribution >= 4 is 0 Å². The Labute approximate surface area is 109 Å². The minimum atomic E-state index is 0.368. The standard InChI is InChI=1S/C15H23NO2/c1-16-13-5-8-15(11-13)18-14-6-3-12(4-7-14)9-10-17-2/h3-4,6-7,13,15-16H,5,8-11H2,1-2H3. The summed E-state index contributed by atoms with van der Waals surface area (Å²) in [5, 5.41) is 3.32. The molecule has 1 aliphatic carbocycles. The Morgan fingerprint density at radius 3 is 2.61 bits per heavy atom. The second kappa shape index (κ2) is 6.76. The Bertz CT molecular complexity index is 350. The van der Waals surface area contributed by atoms with Crippen molar-refractivity contribution in [3.63, 3.8) is 0 Å². The van der Waals surface area contributed by atoms with Crippen molar-refractivity contribution in [2.45, 2.75) is 37.8 Å². The third kappa shape index (κ3) is 3.72. The van der Waals surface area contributed by atoms with Gasteiger partial charge in [-0.1, -0.05) is 12.1 Å². The minimum Gasteiger partial charge on any atom is -0.490 e. The molecule has 1 aromatic carbocycles. The molecular formula is C15H23NO2. The molecule has 1 fully saturated rings. The second-order valence-corrected chi connectivity index (χ2v) is 4.93. The Kier molecular flexibility index (Phi) is 5.02. The second-order valence-electron chi connectivity index (χ2n) is 4.93. The summed E-state index contributed by atoms with van der Waals surface area (Å²) in [5.74, 6) is 0.984. The molecule has 1 aromatic rings. The summed E-state index contributed by atoms with van der Waals surface area (Å²) in [7, 11) is 3.76. The molecule has 100 valence electrons. The smallest absolute Gasteiger partial charge is 0.119 e. The molecule has 0 bridgehead atoms. The molecule has 0 radical (unpaired) electrons. The average molecular weight is 249 g/mol. The van der Waals surface area contributed by atoms with Gasteiger partial charge in [0.2, 0.25) is 0 Å². The number of ether oxygens (including phenoxy) is 2. The van der Waals surface area contributed by atoms with Crippen LogP contribution < -0.4 is 10.1 Å². The normalized spacial score (nSPS) is 23.2. The SMILES string of the molecule is CNC1CCC(Oc2ccc(CCOC)cc2)C1. The van der Waals surface area contributed by atoms with Gasteiger partial charge in [0, 0.05) is 13.2 Å². The Balaban J connectivity index is 1.83. The van der Waals surface area contributed by atoms with Gasteiger partial charge in [-0.3, -0.25) is 0 Å². The molecule has 1 N–H and O–H groups in total. The lowest BCUT2D eigenvalue weighted by molar-refractivity contribution is 0.201. The van der Waals surface area contributed by atoms with E-state index in [1.54, 1.807) is 7.11 Å². The number of nitrogens with one attached hydrogen (secondary N) is 1. The van der Waals surface area contributed by atoms with Crippen molar-refractivity contribution in [1.82, 2.24) is 5.32 Å². The van der Waals surface area contributed by atoms with Crippen molar-refractivity contribution in [1.29, 1.82) is 0 Å². The van der Waals surface area contributed by atoms with Crippen LogP contribution in [0.1, 0.15) is 24.8 Å². The zero-order valence-corrected chi connectivity index (χ0v) is 11.3. The summed E-state index contributed by atoms with van der Waals surface area (Å²) < 4.78 is 11.1. The van der Waals surface area contributed by atoms with Gasteiger partial charge >= 0.3 is 0 Å². The molecule has 0 saturated heterocycles. The molecule has 0 amide bonds. The van der Waals surface area contributed by atoms with Gasteiger partial charge < -0.3 is 14.8 Å². The van der Waals surface area contributed by atoms with Crippen LogP contribution in [0.2, 0.25) is 0 Å². The molecular weight excluding hydrogens is 226 g/mol. The lowest BCUT2D eigenvalue weighted by Gasteiger charge is -2.14. The van der Waals surface area contributed by atoms with Crippen LogP contribution in [0.3, 0.4) is 0 Å². The van der Waals surface area contributed by atoms with E-state index in [0.29, 0.717) is 12.1 Å². The monoisotopic (exact) mass is 249 g/mol. The van der Waals surface area contributed by atoms with Gasteiger partial charge in [0.15, 0.2) is 0 Å². The largest absolute Gasteiger partial charge is 0.490 e. The summed E-state index contributed by atoms with van der Waals surface area (Å²) in [5.41, 5.74) is 1.30. The Hall–Kier alpha value is -1.06. The molecule has 0 heterocycles. The summed E-state index contributed by atoms with van der Waals surface area (Å²) in [6.45, 7) is 0.771. The minimum absolute atomic E-state index is 0.368. The van der Waals surface area contributed by atoms with E-state index in [0.717, 1.165) is 31.6 Å². The van der Waals surface area contributed by atoms with Crippen LogP contribution in [0, 0.1) is 0 Å². The van der Waals surface area contributed by atoms with E-state index in [9.17, 15) is 0 Å². The highest BCUT2D eigenvalue weighted by atomic mass is 16.5.